The maximum absolute atomic E-state index is 12.4. The summed E-state index contributed by atoms with van der Waals surface area (Å²) in [7, 11) is 1.65. The minimum Gasteiger partial charge on any atom is -0.373 e. The van der Waals surface area contributed by atoms with Gasteiger partial charge in [-0.15, -0.1) is 0 Å². The number of ether oxygens (including phenoxy) is 2. The summed E-state index contributed by atoms with van der Waals surface area (Å²) >= 11 is 0. The fraction of sp³-hybridized carbons (Fsp3) is 0.312. The second kappa shape index (κ2) is 5.23. The standard InChI is InChI=1S/C16H17NO3/c1-19-14-7-10-16(11-8-14)17(15(18)9-12-20-16)13-5-3-2-4-6-13/h2-8,10-11,14H,9,12H2,1H3. The highest BCUT2D eigenvalue weighted by Gasteiger charge is 2.42. The molecule has 3 rings (SSSR count). The second-order valence-corrected chi connectivity index (χ2v) is 4.83. The number of methoxy groups -OCH3 is 1. The van der Waals surface area contributed by atoms with Crippen molar-refractivity contribution in [1.29, 1.82) is 0 Å². The van der Waals surface area contributed by atoms with Crippen molar-refractivity contribution in [2.45, 2.75) is 18.2 Å². The number of hydrogen-bond acceptors (Lipinski definition) is 3. The molecule has 1 fully saturated rings. The molecule has 1 aromatic carbocycles. The summed E-state index contributed by atoms with van der Waals surface area (Å²) in [5.41, 5.74) is 0.00786. The smallest absolute Gasteiger partial charge is 0.232 e. The summed E-state index contributed by atoms with van der Waals surface area (Å²) < 4.78 is 11.2. The number of hydrogen-bond donors (Lipinski definition) is 0. The van der Waals surface area contributed by atoms with Gasteiger partial charge in [0.25, 0.3) is 0 Å². The number of benzene rings is 1. The van der Waals surface area contributed by atoms with Crippen LogP contribution >= 0.6 is 0 Å². The summed E-state index contributed by atoms with van der Waals surface area (Å²) in [5.74, 6) is 0.0626. The number of carbonyl (C=O) groups excluding carboxylic acids is 1. The van der Waals surface area contributed by atoms with Gasteiger partial charge >= 0.3 is 0 Å². The van der Waals surface area contributed by atoms with Crippen LogP contribution in [0.3, 0.4) is 0 Å². The quantitative estimate of drug-likeness (QED) is 0.775. The molecule has 1 aromatic rings. The zero-order valence-electron chi connectivity index (χ0n) is 11.4. The van der Waals surface area contributed by atoms with Crippen LogP contribution < -0.4 is 4.90 Å². The molecule has 0 atom stereocenters. The van der Waals surface area contributed by atoms with Gasteiger partial charge < -0.3 is 9.47 Å². The zero-order valence-corrected chi connectivity index (χ0v) is 11.4. The van der Waals surface area contributed by atoms with E-state index in [1.807, 2.05) is 54.6 Å². The van der Waals surface area contributed by atoms with Crippen LogP contribution in [0.25, 0.3) is 0 Å². The van der Waals surface area contributed by atoms with E-state index in [0.29, 0.717) is 13.0 Å². The highest BCUT2D eigenvalue weighted by atomic mass is 16.5. The van der Waals surface area contributed by atoms with Crippen molar-refractivity contribution < 1.29 is 14.3 Å². The Bertz CT molecular complexity index is 536. The number of carbonyl (C=O) groups is 1. The van der Waals surface area contributed by atoms with E-state index in [1.54, 1.807) is 12.0 Å². The molecule has 0 bridgehead atoms. The lowest BCUT2D eigenvalue weighted by Gasteiger charge is -2.44. The first-order chi connectivity index (χ1) is 9.75. The molecule has 2 aliphatic rings. The Balaban J connectivity index is 2.00. The van der Waals surface area contributed by atoms with Gasteiger partial charge in [0.1, 0.15) is 0 Å². The SMILES string of the molecule is COC1C=CC2(C=C1)OCCC(=O)N2c1ccccc1. The van der Waals surface area contributed by atoms with Gasteiger partial charge in [-0.05, 0) is 24.3 Å². The first kappa shape index (κ1) is 13.1. The summed E-state index contributed by atoms with van der Waals surface area (Å²) in [4.78, 5) is 14.1. The van der Waals surface area contributed by atoms with Gasteiger partial charge in [-0.25, -0.2) is 0 Å². The van der Waals surface area contributed by atoms with Crippen molar-refractivity contribution in [3.05, 3.63) is 54.6 Å². The molecule has 0 unspecified atom stereocenters. The molecule has 1 spiro atoms. The zero-order chi connectivity index (χ0) is 14.0. The van der Waals surface area contributed by atoms with Crippen molar-refractivity contribution in [3.63, 3.8) is 0 Å². The first-order valence-corrected chi connectivity index (χ1v) is 6.69. The average molecular weight is 271 g/mol. The van der Waals surface area contributed by atoms with Gasteiger partial charge in [-0.2, -0.15) is 0 Å². The molecule has 0 N–H and O–H groups in total. The molecule has 20 heavy (non-hydrogen) atoms. The summed E-state index contributed by atoms with van der Waals surface area (Å²) in [6.45, 7) is 0.425. The van der Waals surface area contributed by atoms with E-state index in [4.69, 9.17) is 9.47 Å². The normalized spacial score (nSPS) is 29.1. The summed E-state index contributed by atoms with van der Waals surface area (Å²) in [5, 5.41) is 0. The Morgan fingerprint density at radius 3 is 2.60 bits per heavy atom. The lowest BCUT2D eigenvalue weighted by molar-refractivity contribution is -0.130. The molecule has 1 aliphatic carbocycles. The topological polar surface area (TPSA) is 38.8 Å². The molecule has 0 aromatic heterocycles. The van der Waals surface area contributed by atoms with Crippen molar-refractivity contribution >= 4 is 11.6 Å². The fourth-order valence-corrected chi connectivity index (χ4v) is 2.58. The number of para-hydroxylation sites is 1. The minimum absolute atomic E-state index is 0.0626. The van der Waals surface area contributed by atoms with E-state index < -0.39 is 5.72 Å². The van der Waals surface area contributed by atoms with E-state index >= 15 is 0 Å². The number of nitrogens with zero attached hydrogens (tertiary/aromatic N) is 1. The van der Waals surface area contributed by atoms with Crippen LogP contribution in [0.4, 0.5) is 5.69 Å². The molecule has 4 heteroatoms. The maximum atomic E-state index is 12.4. The Morgan fingerprint density at radius 1 is 1.25 bits per heavy atom. The fourth-order valence-electron chi connectivity index (χ4n) is 2.58. The van der Waals surface area contributed by atoms with E-state index in [-0.39, 0.29) is 12.0 Å². The highest BCUT2D eigenvalue weighted by molar-refractivity contribution is 5.96. The minimum atomic E-state index is -0.828. The van der Waals surface area contributed by atoms with Crippen LogP contribution in [0.5, 0.6) is 0 Å². The molecule has 1 amide bonds. The van der Waals surface area contributed by atoms with Crippen LogP contribution in [0, 0.1) is 0 Å². The van der Waals surface area contributed by atoms with E-state index in [2.05, 4.69) is 0 Å². The van der Waals surface area contributed by atoms with E-state index in [0.717, 1.165) is 5.69 Å². The van der Waals surface area contributed by atoms with Crippen LogP contribution in [-0.4, -0.2) is 31.5 Å². The van der Waals surface area contributed by atoms with E-state index in [9.17, 15) is 4.79 Å². The molecule has 1 heterocycles. The van der Waals surface area contributed by atoms with Crippen LogP contribution in [0.15, 0.2) is 54.6 Å². The number of anilines is 1. The van der Waals surface area contributed by atoms with Gasteiger partial charge in [0.05, 0.1) is 19.1 Å². The Labute approximate surface area is 118 Å². The Kier molecular flexibility index (Phi) is 3.42. The molecule has 0 radical (unpaired) electrons. The van der Waals surface area contributed by atoms with Crippen molar-refractivity contribution in [2.24, 2.45) is 0 Å². The van der Waals surface area contributed by atoms with Gasteiger partial charge in [-0.1, -0.05) is 30.4 Å². The molecule has 0 saturated carbocycles. The molecule has 104 valence electrons. The lowest BCUT2D eigenvalue weighted by Crippen LogP contribution is -2.56. The molecular weight excluding hydrogens is 254 g/mol. The predicted octanol–water partition coefficient (Wildman–Crippen LogP) is 2.28. The molecule has 1 aliphatic heterocycles. The van der Waals surface area contributed by atoms with Crippen LogP contribution in [-0.2, 0) is 14.3 Å². The monoisotopic (exact) mass is 271 g/mol. The lowest BCUT2D eigenvalue weighted by atomic mass is 10.00. The number of amides is 1. The van der Waals surface area contributed by atoms with Gasteiger partial charge in [0, 0.05) is 12.8 Å². The highest BCUT2D eigenvalue weighted by Crippen LogP contribution is 2.34. The van der Waals surface area contributed by atoms with Crippen LogP contribution in [0.2, 0.25) is 0 Å². The van der Waals surface area contributed by atoms with E-state index in [1.165, 1.54) is 0 Å². The molecule has 4 nitrogen and oxygen atoms in total. The third kappa shape index (κ3) is 2.17. The van der Waals surface area contributed by atoms with Crippen LogP contribution in [0.1, 0.15) is 6.42 Å². The van der Waals surface area contributed by atoms with Gasteiger partial charge in [-0.3, -0.25) is 9.69 Å². The Morgan fingerprint density at radius 2 is 1.95 bits per heavy atom. The summed E-state index contributed by atoms with van der Waals surface area (Å²) in [6, 6.07) is 9.59. The largest absolute Gasteiger partial charge is 0.373 e. The van der Waals surface area contributed by atoms with Gasteiger partial charge in [0.2, 0.25) is 5.91 Å². The third-order valence-electron chi connectivity index (χ3n) is 3.58. The molecular formula is C16H17NO3. The third-order valence-corrected chi connectivity index (χ3v) is 3.58. The van der Waals surface area contributed by atoms with Crippen molar-refractivity contribution in [3.8, 4) is 0 Å². The summed E-state index contributed by atoms with van der Waals surface area (Å²) in [6.07, 6.45) is 7.94. The predicted molar refractivity (Wildman–Crippen MR) is 76.3 cm³/mol. The van der Waals surface area contributed by atoms with Crippen molar-refractivity contribution in [1.82, 2.24) is 0 Å². The second-order valence-electron chi connectivity index (χ2n) is 4.83. The number of rotatable bonds is 2. The van der Waals surface area contributed by atoms with Crippen molar-refractivity contribution in [2.75, 3.05) is 18.6 Å². The average Bonchev–Trinajstić information content (AvgIpc) is 2.49. The van der Waals surface area contributed by atoms with Gasteiger partial charge in [0.15, 0.2) is 5.72 Å². The first-order valence-electron chi connectivity index (χ1n) is 6.69. The maximum Gasteiger partial charge on any atom is 0.232 e. The molecule has 1 saturated heterocycles. The Hall–Kier alpha value is -1.91.